The molecule has 2 N–H and O–H groups in total. The molecule has 0 aromatic heterocycles. The van der Waals surface area contributed by atoms with Crippen LogP contribution in [0.15, 0.2) is 28.7 Å². The molecule has 0 radical (unpaired) electrons. The van der Waals surface area contributed by atoms with Crippen molar-refractivity contribution < 1.29 is 4.79 Å². The molecule has 4 heteroatoms. The third kappa shape index (κ3) is 5.63. The van der Waals surface area contributed by atoms with Crippen LogP contribution in [0.25, 0.3) is 0 Å². The fourth-order valence-electron chi connectivity index (χ4n) is 2.08. The van der Waals surface area contributed by atoms with Gasteiger partial charge < -0.3 is 10.6 Å². The Morgan fingerprint density at radius 2 is 2.10 bits per heavy atom. The predicted octanol–water partition coefficient (Wildman–Crippen LogP) is 3.22. The number of rotatable bonds is 7. The molecule has 3 nitrogen and oxygen atoms in total. The predicted molar refractivity (Wildman–Crippen MR) is 87.6 cm³/mol. The first-order valence-corrected chi connectivity index (χ1v) is 7.89. The number of amides is 1. The monoisotopic (exact) mass is 340 g/mol. The van der Waals surface area contributed by atoms with E-state index >= 15 is 0 Å². The third-order valence-corrected chi connectivity index (χ3v) is 3.76. The lowest BCUT2D eigenvalue weighted by Gasteiger charge is -2.32. The van der Waals surface area contributed by atoms with Gasteiger partial charge in [-0.05, 0) is 36.1 Å². The van der Waals surface area contributed by atoms with Gasteiger partial charge in [0.2, 0.25) is 5.91 Å². The van der Waals surface area contributed by atoms with Gasteiger partial charge in [0.15, 0.2) is 0 Å². The number of carbonyl (C=O) groups excluding carboxylic acids is 1. The van der Waals surface area contributed by atoms with Crippen molar-refractivity contribution in [2.24, 2.45) is 11.1 Å². The molecule has 20 heavy (non-hydrogen) atoms. The van der Waals surface area contributed by atoms with E-state index in [9.17, 15) is 4.79 Å². The maximum Gasteiger partial charge on any atom is 0.227 e. The molecule has 0 saturated heterocycles. The number of carbonyl (C=O) groups is 1. The van der Waals surface area contributed by atoms with Gasteiger partial charge in [-0.1, -0.05) is 48.8 Å². The van der Waals surface area contributed by atoms with E-state index < -0.39 is 0 Å². The quantitative estimate of drug-likeness (QED) is 0.828. The lowest BCUT2D eigenvalue weighted by Crippen LogP contribution is -2.43. The molecule has 0 unspecified atom stereocenters. The summed E-state index contributed by atoms with van der Waals surface area (Å²) in [6.07, 6.45) is 1.41. The van der Waals surface area contributed by atoms with Crippen molar-refractivity contribution in [1.82, 2.24) is 4.90 Å². The molecular formula is C16H25BrN2O. The Balaban J connectivity index is 2.74. The van der Waals surface area contributed by atoms with Crippen LogP contribution < -0.4 is 5.73 Å². The third-order valence-electron chi connectivity index (χ3n) is 3.26. The molecule has 1 amide bonds. The Morgan fingerprint density at radius 1 is 1.40 bits per heavy atom. The SMILES string of the molecule is CCCN(CC(C)(C)CN)C(=O)Cc1cccc(Br)c1. The smallest absolute Gasteiger partial charge is 0.227 e. The minimum absolute atomic E-state index is 0.0396. The van der Waals surface area contributed by atoms with E-state index in [1.165, 1.54) is 0 Å². The first-order valence-electron chi connectivity index (χ1n) is 7.10. The van der Waals surface area contributed by atoms with Crippen molar-refractivity contribution in [2.45, 2.75) is 33.6 Å². The average molecular weight is 341 g/mol. The minimum atomic E-state index is -0.0396. The van der Waals surface area contributed by atoms with Gasteiger partial charge in [0.1, 0.15) is 0 Å². The topological polar surface area (TPSA) is 46.3 Å². The molecule has 112 valence electrons. The van der Waals surface area contributed by atoms with E-state index in [4.69, 9.17) is 5.73 Å². The van der Waals surface area contributed by atoms with Crippen LogP contribution in [-0.2, 0) is 11.2 Å². The molecule has 0 saturated carbocycles. The summed E-state index contributed by atoms with van der Waals surface area (Å²) < 4.78 is 1.01. The summed E-state index contributed by atoms with van der Waals surface area (Å²) in [7, 11) is 0. The summed E-state index contributed by atoms with van der Waals surface area (Å²) in [6.45, 7) is 8.37. The van der Waals surface area contributed by atoms with Crippen molar-refractivity contribution in [2.75, 3.05) is 19.6 Å². The van der Waals surface area contributed by atoms with E-state index in [1.54, 1.807) is 0 Å². The van der Waals surface area contributed by atoms with Gasteiger partial charge in [-0.15, -0.1) is 0 Å². The highest BCUT2D eigenvalue weighted by Crippen LogP contribution is 2.17. The maximum atomic E-state index is 12.5. The lowest BCUT2D eigenvalue weighted by molar-refractivity contribution is -0.131. The van der Waals surface area contributed by atoms with Crippen molar-refractivity contribution in [1.29, 1.82) is 0 Å². The van der Waals surface area contributed by atoms with Crippen molar-refractivity contribution >= 4 is 21.8 Å². The normalized spacial score (nSPS) is 11.4. The summed E-state index contributed by atoms with van der Waals surface area (Å²) in [5.74, 6) is 0.173. The Kier molecular flexibility index (Phi) is 6.69. The largest absolute Gasteiger partial charge is 0.342 e. The second kappa shape index (κ2) is 7.79. The summed E-state index contributed by atoms with van der Waals surface area (Å²) in [6, 6.07) is 7.91. The van der Waals surface area contributed by atoms with Crippen LogP contribution in [0.4, 0.5) is 0 Å². The van der Waals surface area contributed by atoms with E-state index in [-0.39, 0.29) is 11.3 Å². The Hall–Kier alpha value is -0.870. The van der Waals surface area contributed by atoms with E-state index in [2.05, 4.69) is 36.7 Å². The Labute approximate surface area is 130 Å². The van der Waals surface area contributed by atoms with Crippen LogP contribution in [0, 0.1) is 5.41 Å². The van der Waals surface area contributed by atoms with Crippen LogP contribution in [0.1, 0.15) is 32.8 Å². The molecule has 1 rings (SSSR count). The van der Waals surface area contributed by atoms with E-state index in [0.717, 1.165) is 23.0 Å². The fourth-order valence-corrected chi connectivity index (χ4v) is 2.52. The number of benzene rings is 1. The van der Waals surface area contributed by atoms with Crippen LogP contribution in [0.3, 0.4) is 0 Å². The lowest BCUT2D eigenvalue weighted by atomic mass is 9.92. The molecule has 0 atom stereocenters. The first-order chi connectivity index (χ1) is 9.38. The number of halogens is 1. The molecule has 0 aliphatic heterocycles. The van der Waals surface area contributed by atoms with Crippen molar-refractivity contribution in [3.05, 3.63) is 34.3 Å². The summed E-state index contributed by atoms with van der Waals surface area (Å²) in [5, 5.41) is 0. The van der Waals surface area contributed by atoms with Crippen LogP contribution >= 0.6 is 15.9 Å². The highest BCUT2D eigenvalue weighted by atomic mass is 79.9. The van der Waals surface area contributed by atoms with E-state index in [1.807, 2.05) is 29.2 Å². The van der Waals surface area contributed by atoms with Gasteiger partial charge in [-0.3, -0.25) is 4.79 Å². The standard InChI is InChI=1S/C16H25BrN2O/c1-4-8-19(12-16(2,3)11-18)15(20)10-13-6-5-7-14(17)9-13/h5-7,9H,4,8,10-12,18H2,1-3H3. The molecule has 1 aromatic rings. The van der Waals surface area contributed by atoms with Crippen LogP contribution in [0.2, 0.25) is 0 Å². The van der Waals surface area contributed by atoms with Crippen molar-refractivity contribution in [3.63, 3.8) is 0 Å². The zero-order valence-electron chi connectivity index (χ0n) is 12.7. The van der Waals surface area contributed by atoms with Gasteiger partial charge in [0.25, 0.3) is 0 Å². The van der Waals surface area contributed by atoms with Crippen molar-refractivity contribution in [3.8, 4) is 0 Å². The summed E-state index contributed by atoms with van der Waals surface area (Å²) >= 11 is 3.44. The van der Waals surface area contributed by atoms with Gasteiger partial charge in [0, 0.05) is 17.6 Å². The zero-order chi connectivity index (χ0) is 15.2. The van der Waals surface area contributed by atoms with Gasteiger partial charge in [-0.25, -0.2) is 0 Å². The Bertz CT molecular complexity index is 446. The molecule has 0 heterocycles. The maximum absolute atomic E-state index is 12.5. The van der Waals surface area contributed by atoms with Gasteiger partial charge in [-0.2, -0.15) is 0 Å². The highest BCUT2D eigenvalue weighted by Gasteiger charge is 2.23. The number of nitrogens with two attached hydrogens (primary N) is 1. The summed E-state index contributed by atoms with van der Waals surface area (Å²) in [5.41, 5.74) is 6.78. The first kappa shape index (κ1) is 17.2. The molecule has 0 aliphatic carbocycles. The molecule has 0 bridgehead atoms. The van der Waals surface area contributed by atoms with Crippen LogP contribution in [0.5, 0.6) is 0 Å². The molecule has 0 spiro atoms. The summed E-state index contributed by atoms with van der Waals surface area (Å²) in [4.78, 5) is 14.4. The van der Waals surface area contributed by atoms with Crippen LogP contribution in [-0.4, -0.2) is 30.4 Å². The van der Waals surface area contributed by atoms with E-state index in [0.29, 0.717) is 19.5 Å². The second-order valence-electron chi connectivity index (χ2n) is 5.99. The fraction of sp³-hybridized carbons (Fsp3) is 0.562. The van der Waals surface area contributed by atoms with Gasteiger partial charge >= 0.3 is 0 Å². The Morgan fingerprint density at radius 3 is 2.65 bits per heavy atom. The number of nitrogens with zero attached hydrogens (tertiary/aromatic N) is 1. The van der Waals surface area contributed by atoms with Gasteiger partial charge in [0.05, 0.1) is 6.42 Å². The molecule has 1 aromatic carbocycles. The number of hydrogen-bond donors (Lipinski definition) is 1. The number of hydrogen-bond acceptors (Lipinski definition) is 2. The minimum Gasteiger partial charge on any atom is -0.342 e. The second-order valence-corrected chi connectivity index (χ2v) is 6.91. The zero-order valence-corrected chi connectivity index (χ0v) is 14.2. The molecule has 0 aliphatic rings. The highest BCUT2D eigenvalue weighted by molar-refractivity contribution is 9.10. The average Bonchev–Trinajstić information content (AvgIpc) is 2.38. The molecule has 0 fully saturated rings. The molecular weight excluding hydrogens is 316 g/mol.